The first-order valence-corrected chi connectivity index (χ1v) is 8.53. The Morgan fingerprint density at radius 2 is 1.73 bits per heavy atom. The van der Waals surface area contributed by atoms with Gasteiger partial charge in [-0.1, -0.05) is 19.3 Å². The third-order valence-electron chi connectivity index (χ3n) is 4.34. The summed E-state index contributed by atoms with van der Waals surface area (Å²) in [6.07, 6.45) is 7.13. The van der Waals surface area contributed by atoms with Crippen LogP contribution in [0.3, 0.4) is 0 Å². The SMILES string of the molecule is CC(C)(C)OC(=O)N1CCCC1C(=O)OCC1CCCCC1. The van der Waals surface area contributed by atoms with Gasteiger partial charge in [0.1, 0.15) is 11.6 Å². The average molecular weight is 311 g/mol. The van der Waals surface area contributed by atoms with Crippen molar-refractivity contribution in [2.75, 3.05) is 13.2 Å². The molecule has 0 bridgehead atoms. The number of hydrogen-bond acceptors (Lipinski definition) is 4. The van der Waals surface area contributed by atoms with E-state index in [-0.39, 0.29) is 5.97 Å². The van der Waals surface area contributed by atoms with E-state index in [1.54, 1.807) is 0 Å². The van der Waals surface area contributed by atoms with Crippen molar-refractivity contribution in [1.82, 2.24) is 4.90 Å². The first-order valence-electron chi connectivity index (χ1n) is 8.53. The minimum Gasteiger partial charge on any atom is -0.464 e. The summed E-state index contributed by atoms with van der Waals surface area (Å²) in [5, 5.41) is 0. The molecule has 0 aromatic rings. The molecule has 0 aromatic heterocycles. The van der Waals surface area contributed by atoms with Gasteiger partial charge in [0, 0.05) is 6.54 Å². The molecule has 0 radical (unpaired) electrons. The van der Waals surface area contributed by atoms with E-state index in [1.807, 2.05) is 20.8 Å². The van der Waals surface area contributed by atoms with Crippen molar-refractivity contribution in [3.8, 4) is 0 Å². The van der Waals surface area contributed by atoms with Gasteiger partial charge in [-0.15, -0.1) is 0 Å². The van der Waals surface area contributed by atoms with E-state index < -0.39 is 17.7 Å². The van der Waals surface area contributed by atoms with Crippen LogP contribution in [0.1, 0.15) is 65.7 Å². The molecule has 1 amide bonds. The molecule has 1 atom stereocenters. The molecule has 1 saturated carbocycles. The lowest BCUT2D eigenvalue weighted by Crippen LogP contribution is -2.44. The molecule has 2 fully saturated rings. The van der Waals surface area contributed by atoms with Gasteiger partial charge >= 0.3 is 12.1 Å². The van der Waals surface area contributed by atoms with Gasteiger partial charge in [-0.2, -0.15) is 0 Å². The summed E-state index contributed by atoms with van der Waals surface area (Å²) in [6, 6.07) is -0.474. The molecule has 1 aliphatic carbocycles. The van der Waals surface area contributed by atoms with Crippen molar-refractivity contribution in [3.63, 3.8) is 0 Å². The molecule has 2 rings (SSSR count). The predicted octanol–water partition coefficient (Wildman–Crippen LogP) is 3.51. The van der Waals surface area contributed by atoms with E-state index >= 15 is 0 Å². The Morgan fingerprint density at radius 1 is 1.05 bits per heavy atom. The highest BCUT2D eigenvalue weighted by molar-refractivity contribution is 5.82. The highest BCUT2D eigenvalue weighted by Crippen LogP contribution is 2.25. The molecule has 1 aliphatic heterocycles. The van der Waals surface area contributed by atoms with Crippen LogP contribution in [0.15, 0.2) is 0 Å². The van der Waals surface area contributed by atoms with Crippen molar-refractivity contribution in [2.45, 2.75) is 77.4 Å². The molecule has 1 heterocycles. The lowest BCUT2D eigenvalue weighted by molar-refractivity contribution is -0.150. The fourth-order valence-electron chi connectivity index (χ4n) is 3.20. The number of ether oxygens (including phenoxy) is 2. The number of nitrogens with zero attached hydrogens (tertiary/aromatic N) is 1. The predicted molar refractivity (Wildman–Crippen MR) is 83.5 cm³/mol. The van der Waals surface area contributed by atoms with Gasteiger partial charge in [0.05, 0.1) is 6.61 Å². The molecule has 0 spiro atoms. The van der Waals surface area contributed by atoms with Crippen LogP contribution in [0.2, 0.25) is 0 Å². The van der Waals surface area contributed by atoms with Crippen LogP contribution in [-0.2, 0) is 14.3 Å². The standard InChI is InChI=1S/C17H29NO4/c1-17(2,3)22-16(20)18-11-7-10-14(18)15(19)21-12-13-8-5-4-6-9-13/h13-14H,4-12H2,1-3H3. The van der Waals surface area contributed by atoms with E-state index in [1.165, 1.54) is 24.2 Å². The highest BCUT2D eigenvalue weighted by Gasteiger charge is 2.37. The van der Waals surface area contributed by atoms with Crippen LogP contribution >= 0.6 is 0 Å². The van der Waals surface area contributed by atoms with Crippen LogP contribution < -0.4 is 0 Å². The summed E-state index contributed by atoms with van der Waals surface area (Å²) in [5.41, 5.74) is -0.545. The maximum absolute atomic E-state index is 12.3. The number of carbonyl (C=O) groups excluding carboxylic acids is 2. The summed E-state index contributed by atoms with van der Waals surface area (Å²) in [7, 11) is 0. The van der Waals surface area contributed by atoms with Crippen LogP contribution in [0.25, 0.3) is 0 Å². The molecule has 2 aliphatic rings. The Morgan fingerprint density at radius 3 is 2.36 bits per heavy atom. The third kappa shape index (κ3) is 4.89. The normalized spacial score (nSPS) is 23.4. The number of esters is 1. The van der Waals surface area contributed by atoms with E-state index in [9.17, 15) is 9.59 Å². The van der Waals surface area contributed by atoms with Crippen LogP contribution in [0, 0.1) is 5.92 Å². The molecule has 5 heteroatoms. The Labute approximate surface area is 133 Å². The maximum atomic E-state index is 12.3. The zero-order valence-electron chi connectivity index (χ0n) is 14.1. The second kappa shape index (κ2) is 7.34. The Balaban J connectivity index is 1.83. The number of carbonyl (C=O) groups is 2. The number of hydrogen-bond donors (Lipinski definition) is 0. The second-order valence-corrected chi connectivity index (χ2v) is 7.47. The summed E-state index contributed by atoms with van der Waals surface area (Å²) >= 11 is 0. The quantitative estimate of drug-likeness (QED) is 0.748. The van der Waals surface area contributed by atoms with Gasteiger partial charge in [0.2, 0.25) is 0 Å². The highest BCUT2D eigenvalue weighted by atomic mass is 16.6. The van der Waals surface area contributed by atoms with Crippen LogP contribution in [0.4, 0.5) is 4.79 Å². The van der Waals surface area contributed by atoms with Crippen LogP contribution in [0.5, 0.6) is 0 Å². The first kappa shape index (κ1) is 17.1. The fourth-order valence-corrected chi connectivity index (χ4v) is 3.20. The summed E-state index contributed by atoms with van der Waals surface area (Å²) in [6.45, 7) is 6.56. The average Bonchev–Trinajstić information content (AvgIpc) is 2.93. The summed E-state index contributed by atoms with van der Waals surface area (Å²) < 4.78 is 10.9. The molecule has 1 saturated heterocycles. The molecule has 22 heavy (non-hydrogen) atoms. The maximum Gasteiger partial charge on any atom is 0.411 e. The topological polar surface area (TPSA) is 55.8 Å². The van der Waals surface area contributed by atoms with E-state index in [0.717, 1.165) is 19.3 Å². The van der Waals surface area contributed by atoms with Gasteiger partial charge in [-0.3, -0.25) is 4.90 Å². The third-order valence-corrected chi connectivity index (χ3v) is 4.34. The number of rotatable bonds is 3. The van der Waals surface area contributed by atoms with Crippen LogP contribution in [-0.4, -0.2) is 41.8 Å². The minimum absolute atomic E-state index is 0.270. The molecule has 0 N–H and O–H groups in total. The van der Waals surface area contributed by atoms with E-state index in [4.69, 9.17) is 9.47 Å². The Bertz CT molecular complexity index is 396. The molecular formula is C17H29NO4. The second-order valence-electron chi connectivity index (χ2n) is 7.47. The van der Waals surface area contributed by atoms with E-state index in [0.29, 0.717) is 25.5 Å². The van der Waals surface area contributed by atoms with Crippen molar-refractivity contribution in [1.29, 1.82) is 0 Å². The molecule has 1 unspecified atom stereocenters. The smallest absolute Gasteiger partial charge is 0.411 e. The zero-order valence-corrected chi connectivity index (χ0v) is 14.1. The molecule has 5 nitrogen and oxygen atoms in total. The van der Waals surface area contributed by atoms with Crippen molar-refractivity contribution in [3.05, 3.63) is 0 Å². The molecule has 0 aromatic carbocycles. The summed E-state index contributed by atoms with van der Waals surface area (Å²) in [5.74, 6) is 0.225. The van der Waals surface area contributed by atoms with Gasteiger partial charge in [0.15, 0.2) is 0 Å². The lowest BCUT2D eigenvalue weighted by atomic mass is 9.90. The molecule has 126 valence electrons. The Hall–Kier alpha value is -1.26. The Kier molecular flexibility index (Phi) is 5.70. The van der Waals surface area contributed by atoms with Gasteiger partial charge in [-0.05, 0) is 52.4 Å². The fraction of sp³-hybridized carbons (Fsp3) is 0.882. The summed E-state index contributed by atoms with van der Waals surface area (Å²) in [4.78, 5) is 26.0. The van der Waals surface area contributed by atoms with Crippen molar-refractivity contribution in [2.24, 2.45) is 5.92 Å². The largest absolute Gasteiger partial charge is 0.464 e. The van der Waals surface area contributed by atoms with Crippen molar-refractivity contribution >= 4 is 12.1 Å². The van der Waals surface area contributed by atoms with Gasteiger partial charge < -0.3 is 9.47 Å². The van der Waals surface area contributed by atoms with E-state index in [2.05, 4.69) is 0 Å². The molecular weight excluding hydrogens is 282 g/mol. The number of amides is 1. The number of likely N-dealkylation sites (tertiary alicyclic amines) is 1. The zero-order chi connectivity index (χ0) is 16.2. The van der Waals surface area contributed by atoms with Crippen molar-refractivity contribution < 1.29 is 19.1 Å². The minimum atomic E-state index is -0.545. The lowest BCUT2D eigenvalue weighted by Gasteiger charge is -2.28. The monoisotopic (exact) mass is 311 g/mol. The van der Waals surface area contributed by atoms with Gasteiger partial charge in [0.25, 0.3) is 0 Å². The van der Waals surface area contributed by atoms with Gasteiger partial charge in [-0.25, -0.2) is 9.59 Å². The first-order chi connectivity index (χ1) is 10.4.